The summed E-state index contributed by atoms with van der Waals surface area (Å²) in [5.41, 5.74) is 5.15. The number of carbonyl (C=O) groups is 1. The van der Waals surface area contributed by atoms with Crippen molar-refractivity contribution < 1.29 is 4.79 Å². The maximum atomic E-state index is 12.1. The molecule has 1 aromatic carbocycles. The van der Waals surface area contributed by atoms with Crippen LogP contribution in [0.15, 0.2) is 30.5 Å². The van der Waals surface area contributed by atoms with Crippen LogP contribution in [0, 0.1) is 0 Å². The zero-order chi connectivity index (χ0) is 13.1. The van der Waals surface area contributed by atoms with Crippen LogP contribution >= 0.6 is 0 Å². The summed E-state index contributed by atoms with van der Waals surface area (Å²) in [5, 5.41) is 3.18. The maximum absolute atomic E-state index is 12.1. The predicted molar refractivity (Wildman–Crippen MR) is 75.6 cm³/mol. The van der Waals surface area contributed by atoms with E-state index in [1.54, 1.807) is 0 Å². The van der Waals surface area contributed by atoms with Gasteiger partial charge in [-0.15, -0.1) is 0 Å². The molecule has 19 heavy (non-hydrogen) atoms. The van der Waals surface area contributed by atoms with Crippen LogP contribution in [0.5, 0.6) is 0 Å². The van der Waals surface area contributed by atoms with Crippen molar-refractivity contribution in [1.29, 1.82) is 0 Å². The molecule has 1 amide bonds. The quantitative estimate of drug-likeness (QED) is 0.885. The van der Waals surface area contributed by atoms with Gasteiger partial charge in [0.15, 0.2) is 0 Å². The number of aromatic nitrogens is 1. The van der Waals surface area contributed by atoms with Crippen molar-refractivity contribution >= 4 is 16.8 Å². The molecule has 2 N–H and O–H groups in total. The van der Waals surface area contributed by atoms with Gasteiger partial charge in [-0.3, -0.25) is 10.2 Å². The molecule has 0 atom stereocenters. The largest absolute Gasteiger partial charge is 0.361 e. The summed E-state index contributed by atoms with van der Waals surface area (Å²) in [6, 6.07) is 8.08. The summed E-state index contributed by atoms with van der Waals surface area (Å²) in [7, 11) is 0. The molecule has 3 rings (SSSR count). The maximum Gasteiger partial charge on any atom is 0.238 e. The number of nitrogens with one attached hydrogen (secondary N) is 2. The van der Waals surface area contributed by atoms with Crippen LogP contribution in [-0.4, -0.2) is 29.0 Å². The van der Waals surface area contributed by atoms with E-state index in [1.807, 2.05) is 29.4 Å². The minimum atomic E-state index is 0.0756. The number of hydrazine groups is 1. The minimum absolute atomic E-state index is 0.0756. The number of rotatable bonds is 3. The Morgan fingerprint density at radius 2 is 2.00 bits per heavy atom. The topological polar surface area (TPSA) is 48.1 Å². The van der Waals surface area contributed by atoms with Crippen molar-refractivity contribution in [1.82, 2.24) is 15.4 Å². The highest BCUT2D eigenvalue weighted by Gasteiger charge is 2.14. The van der Waals surface area contributed by atoms with Gasteiger partial charge >= 0.3 is 0 Å². The van der Waals surface area contributed by atoms with Crippen molar-refractivity contribution in [2.24, 2.45) is 0 Å². The molecule has 1 aliphatic rings. The molecule has 4 nitrogen and oxygen atoms in total. The molecule has 100 valence electrons. The van der Waals surface area contributed by atoms with E-state index in [4.69, 9.17) is 0 Å². The molecule has 0 aliphatic carbocycles. The number of para-hydroxylation sites is 1. The highest BCUT2D eigenvalue weighted by molar-refractivity contribution is 5.88. The Morgan fingerprint density at radius 1 is 1.21 bits per heavy atom. The van der Waals surface area contributed by atoms with E-state index in [-0.39, 0.29) is 5.91 Å². The number of nitrogens with zero attached hydrogens (tertiary/aromatic N) is 1. The van der Waals surface area contributed by atoms with E-state index < -0.39 is 0 Å². The Bertz CT molecular complexity index is 570. The summed E-state index contributed by atoms with van der Waals surface area (Å²) >= 11 is 0. The summed E-state index contributed by atoms with van der Waals surface area (Å²) < 4.78 is 0. The van der Waals surface area contributed by atoms with Gasteiger partial charge in [0.1, 0.15) is 0 Å². The summed E-state index contributed by atoms with van der Waals surface area (Å²) in [6.07, 6.45) is 5.98. The van der Waals surface area contributed by atoms with E-state index in [1.165, 1.54) is 19.3 Å². The lowest BCUT2D eigenvalue weighted by atomic mass is 10.1. The average molecular weight is 257 g/mol. The molecule has 4 heteroatoms. The third-order valence-electron chi connectivity index (χ3n) is 3.66. The van der Waals surface area contributed by atoms with E-state index in [2.05, 4.69) is 16.5 Å². The molecule has 1 aliphatic heterocycles. The second-order valence-corrected chi connectivity index (χ2v) is 5.12. The Kier molecular flexibility index (Phi) is 3.51. The average Bonchev–Trinajstić information content (AvgIpc) is 2.83. The molecule has 2 aromatic rings. The first-order valence-corrected chi connectivity index (χ1v) is 6.92. The molecule has 0 radical (unpaired) electrons. The Morgan fingerprint density at radius 3 is 2.84 bits per heavy atom. The van der Waals surface area contributed by atoms with Gasteiger partial charge in [-0.1, -0.05) is 24.6 Å². The molecule has 1 aromatic heterocycles. The van der Waals surface area contributed by atoms with Crippen LogP contribution in [0.1, 0.15) is 24.8 Å². The number of fused-ring (bicyclic) bond motifs is 1. The Balaban J connectivity index is 1.65. The van der Waals surface area contributed by atoms with Gasteiger partial charge in [0, 0.05) is 30.2 Å². The van der Waals surface area contributed by atoms with Crippen LogP contribution in [-0.2, 0) is 11.2 Å². The molecular formula is C15H19N3O. The van der Waals surface area contributed by atoms with E-state index in [0.29, 0.717) is 6.42 Å². The number of piperidine rings is 1. The SMILES string of the molecule is O=C(Cc1c[nH]c2ccccc12)NN1CCCCC1. The fourth-order valence-corrected chi connectivity index (χ4v) is 2.67. The smallest absolute Gasteiger partial charge is 0.238 e. The van der Waals surface area contributed by atoms with Gasteiger partial charge in [0.05, 0.1) is 6.42 Å². The van der Waals surface area contributed by atoms with Gasteiger partial charge in [-0.25, -0.2) is 5.01 Å². The van der Waals surface area contributed by atoms with Gasteiger partial charge in [-0.2, -0.15) is 0 Å². The molecule has 2 heterocycles. The predicted octanol–water partition coefficient (Wildman–Crippen LogP) is 2.23. The Labute approximate surface area is 112 Å². The Hall–Kier alpha value is -1.81. The van der Waals surface area contributed by atoms with Crippen molar-refractivity contribution in [2.75, 3.05) is 13.1 Å². The molecule has 1 fully saturated rings. The highest BCUT2D eigenvalue weighted by atomic mass is 16.2. The van der Waals surface area contributed by atoms with Gasteiger partial charge in [0.2, 0.25) is 5.91 Å². The summed E-state index contributed by atoms with van der Waals surface area (Å²) in [5.74, 6) is 0.0756. The third-order valence-corrected chi connectivity index (χ3v) is 3.66. The monoisotopic (exact) mass is 257 g/mol. The minimum Gasteiger partial charge on any atom is -0.361 e. The number of carbonyl (C=O) groups excluding carboxylic acids is 1. The van der Waals surface area contributed by atoms with Gasteiger partial charge in [0.25, 0.3) is 0 Å². The fraction of sp³-hybridized carbons (Fsp3) is 0.400. The zero-order valence-corrected chi connectivity index (χ0v) is 11.0. The van der Waals surface area contributed by atoms with Crippen LogP contribution in [0.2, 0.25) is 0 Å². The molecule has 1 saturated heterocycles. The number of amides is 1. The normalized spacial score (nSPS) is 16.6. The first-order valence-electron chi connectivity index (χ1n) is 6.92. The number of benzene rings is 1. The molecular weight excluding hydrogens is 238 g/mol. The highest BCUT2D eigenvalue weighted by Crippen LogP contribution is 2.18. The number of hydrogen-bond donors (Lipinski definition) is 2. The molecule has 0 spiro atoms. The lowest BCUT2D eigenvalue weighted by Gasteiger charge is -2.26. The number of H-pyrrole nitrogens is 1. The van der Waals surface area contributed by atoms with Crippen molar-refractivity contribution in [2.45, 2.75) is 25.7 Å². The van der Waals surface area contributed by atoms with E-state index >= 15 is 0 Å². The fourth-order valence-electron chi connectivity index (χ4n) is 2.67. The second-order valence-electron chi connectivity index (χ2n) is 5.12. The van der Waals surface area contributed by atoms with E-state index in [9.17, 15) is 4.79 Å². The van der Waals surface area contributed by atoms with Crippen molar-refractivity contribution in [3.05, 3.63) is 36.0 Å². The van der Waals surface area contributed by atoms with Gasteiger partial charge < -0.3 is 4.98 Å². The number of aromatic amines is 1. The summed E-state index contributed by atoms with van der Waals surface area (Å²) in [4.78, 5) is 15.3. The molecule has 0 saturated carbocycles. The second kappa shape index (κ2) is 5.45. The van der Waals surface area contributed by atoms with Crippen LogP contribution in [0.4, 0.5) is 0 Å². The van der Waals surface area contributed by atoms with Crippen molar-refractivity contribution in [3.8, 4) is 0 Å². The first-order chi connectivity index (χ1) is 9.33. The third kappa shape index (κ3) is 2.79. The standard InChI is InChI=1S/C15H19N3O/c19-15(17-18-8-4-1-5-9-18)10-12-11-16-14-7-3-2-6-13(12)14/h2-3,6-7,11,16H,1,4-5,8-10H2,(H,17,19). The molecule has 0 bridgehead atoms. The van der Waals surface area contributed by atoms with Crippen LogP contribution in [0.25, 0.3) is 10.9 Å². The van der Waals surface area contributed by atoms with Crippen molar-refractivity contribution in [3.63, 3.8) is 0 Å². The van der Waals surface area contributed by atoms with E-state index in [0.717, 1.165) is 29.6 Å². The van der Waals surface area contributed by atoms with Crippen LogP contribution in [0.3, 0.4) is 0 Å². The lowest BCUT2D eigenvalue weighted by molar-refractivity contribution is -0.125. The van der Waals surface area contributed by atoms with Crippen LogP contribution < -0.4 is 5.43 Å². The first kappa shape index (κ1) is 12.2. The molecule has 0 unspecified atom stereocenters. The summed E-state index contributed by atoms with van der Waals surface area (Å²) in [6.45, 7) is 1.94. The lowest BCUT2D eigenvalue weighted by Crippen LogP contribution is -2.45. The van der Waals surface area contributed by atoms with Gasteiger partial charge in [-0.05, 0) is 24.5 Å². The number of hydrogen-bond acceptors (Lipinski definition) is 2. The zero-order valence-electron chi connectivity index (χ0n) is 11.0.